The van der Waals surface area contributed by atoms with Gasteiger partial charge in [-0.05, 0) is 18.2 Å². The Labute approximate surface area is 84.0 Å². The van der Waals surface area contributed by atoms with Crippen LogP contribution in [-0.2, 0) is 6.42 Å². The van der Waals surface area contributed by atoms with Gasteiger partial charge in [0.25, 0.3) is 0 Å². The average Bonchev–Trinajstić information content (AvgIpc) is 2.30. The van der Waals surface area contributed by atoms with Crippen LogP contribution in [-0.4, -0.2) is 0 Å². The van der Waals surface area contributed by atoms with E-state index >= 15 is 0 Å². The zero-order valence-corrected chi connectivity index (χ0v) is 8.23. The summed E-state index contributed by atoms with van der Waals surface area (Å²) in [6, 6.07) is 16.2. The molecule has 1 nitrogen and oxygen atoms in total. The molecule has 0 N–H and O–H groups in total. The molecule has 0 atom stereocenters. The normalized spacial score (nSPS) is 10.1. The van der Waals surface area contributed by atoms with Gasteiger partial charge in [0.05, 0.1) is 12.0 Å². The molecule has 0 amide bonds. The molecule has 0 saturated carbocycles. The molecule has 1 heteroatoms. The van der Waals surface area contributed by atoms with Crippen molar-refractivity contribution in [2.45, 2.75) is 13.3 Å². The second-order valence-corrected chi connectivity index (χ2v) is 3.18. The van der Waals surface area contributed by atoms with Gasteiger partial charge in [0.15, 0.2) is 0 Å². The minimum Gasteiger partial charge on any atom is -0.212 e. The Morgan fingerprint density at radius 2 is 1.71 bits per heavy atom. The van der Waals surface area contributed by atoms with Gasteiger partial charge in [-0.1, -0.05) is 25.1 Å². The van der Waals surface area contributed by atoms with E-state index in [4.69, 9.17) is 4.42 Å². The summed E-state index contributed by atoms with van der Waals surface area (Å²) in [6.45, 7) is 2.09. The average molecular weight is 185 g/mol. The standard InChI is InChI=1S/C13H13O/c1-2-12-9-6-10-13(14-12)11-7-4-3-5-8-11/h3-10H,2H2,1H3/q+1. The highest BCUT2D eigenvalue weighted by Crippen LogP contribution is 2.19. The molecule has 0 spiro atoms. The molecule has 0 unspecified atom stereocenters. The smallest absolute Gasteiger partial charge is 0.212 e. The Bertz CT molecular complexity index is 407. The number of hydrogen-bond acceptors (Lipinski definition) is 0. The lowest BCUT2D eigenvalue weighted by atomic mass is 10.1. The lowest BCUT2D eigenvalue weighted by Gasteiger charge is -1.90. The first-order valence-electron chi connectivity index (χ1n) is 4.87. The quantitative estimate of drug-likeness (QED) is 0.648. The van der Waals surface area contributed by atoms with Crippen LogP contribution in [0, 0.1) is 0 Å². The summed E-state index contributed by atoms with van der Waals surface area (Å²) < 4.78 is 5.71. The zero-order chi connectivity index (χ0) is 9.80. The maximum Gasteiger partial charge on any atom is 0.360 e. The maximum atomic E-state index is 5.71. The van der Waals surface area contributed by atoms with Gasteiger partial charge in [-0.15, -0.1) is 0 Å². The van der Waals surface area contributed by atoms with Crippen molar-refractivity contribution in [3.63, 3.8) is 0 Å². The molecule has 1 heterocycles. The predicted molar refractivity (Wildman–Crippen MR) is 57.9 cm³/mol. The van der Waals surface area contributed by atoms with E-state index < -0.39 is 0 Å². The van der Waals surface area contributed by atoms with Crippen LogP contribution in [0.3, 0.4) is 0 Å². The van der Waals surface area contributed by atoms with E-state index in [1.165, 1.54) is 0 Å². The van der Waals surface area contributed by atoms with Crippen LogP contribution < -0.4 is 0 Å². The van der Waals surface area contributed by atoms with Crippen LogP contribution >= 0.6 is 0 Å². The number of hydrogen-bond donors (Lipinski definition) is 0. The first-order chi connectivity index (χ1) is 6.90. The second-order valence-electron chi connectivity index (χ2n) is 3.18. The molecule has 1 aromatic heterocycles. The molecule has 1 aromatic carbocycles. The molecular weight excluding hydrogens is 172 g/mol. The summed E-state index contributed by atoms with van der Waals surface area (Å²) in [4.78, 5) is 0. The van der Waals surface area contributed by atoms with Gasteiger partial charge >= 0.3 is 11.5 Å². The summed E-state index contributed by atoms with van der Waals surface area (Å²) in [5.74, 6) is 1.95. The Balaban J connectivity index is 2.42. The van der Waals surface area contributed by atoms with E-state index in [2.05, 4.69) is 19.1 Å². The lowest BCUT2D eigenvalue weighted by molar-refractivity contribution is 0.512. The fourth-order valence-electron chi connectivity index (χ4n) is 1.40. The van der Waals surface area contributed by atoms with E-state index in [-0.39, 0.29) is 0 Å². The minimum absolute atomic E-state index is 0.931. The molecule has 2 aromatic rings. The first kappa shape index (κ1) is 8.95. The molecule has 14 heavy (non-hydrogen) atoms. The third-order valence-corrected chi connectivity index (χ3v) is 2.18. The van der Waals surface area contributed by atoms with Crippen molar-refractivity contribution in [1.82, 2.24) is 0 Å². The van der Waals surface area contributed by atoms with E-state index in [1.54, 1.807) is 0 Å². The van der Waals surface area contributed by atoms with E-state index in [9.17, 15) is 0 Å². The van der Waals surface area contributed by atoms with Crippen LogP contribution in [0.1, 0.15) is 12.7 Å². The molecule has 0 aliphatic carbocycles. The third kappa shape index (κ3) is 1.82. The summed E-state index contributed by atoms with van der Waals surface area (Å²) in [5, 5.41) is 0. The summed E-state index contributed by atoms with van der Waals surface area (Å²) >= 11 is 0. The first-order valence-corrected chi connectivity index (χ1v) is 4.87. The topological polar surface area (TPSA) is 11.3 Å². The Hall–Kier alpha value is -1.63. The number of aryl methyl sites for hydroxylation is 1. The predicted octanol–water partition coefficient (Wildman–Crippen LogP) is 3.79. The van der Waals surface area contributed by atoms with Crippen LogP contribution in [0.25, 0.3) is 11.3 Å². The van der Waals surface area contributed by atoms with Crippen molar-refractivity contribution in [3.05, 3.63) is 54.3 Å². The molecule has 0 aliphatic rings. The Morgan fingerprint density at radius 1 is 0.929 bits per heavy atom. The van der Waals surface area contributed by atoms with Gasteiger partial charge in [-0.25, -0.2) is 4.42 Å². The molecule has 2 rings (SSSR count). The third-order valence-electron chi connectivity index (χ3n) is 2.18. The van der Waals surface area contributed by atoms with Crippen LogP contribution in [0.15, 0.2) is 52.9 Å². The zero-order valence-electron chi connectivity index (χ0n) is 8.23. The van der Waals surface area contributed by atoms with Crippen molar-refractivity contribution in [3.8, 4) is 11.3 Å². The molecule has 0 fully saturated rings. The second kappa shape index (κ2) is 4.05. The van der Waals surface area contributed by atoms with Gasteiger partial charge in [-0.3, -0.25) is 0 Å². The molecule has 0 aliphatic heterocycles. The SMILES string of the molecule is CCc1cccc(-c2ccccc2)[o+]1. The number of rotatable bonds is 2. The molecular formula is C13H13O+. The largest absolute Gasteiger partial charge is 0.360 e. The van der Waals surface area contributed by atoms with Crippen molar-refractivity contribution in [2.75, 3.05) is 0 Å². The minimum atomic E-state index is 0.931. The highest BCUT2D eigenvalue weighted by molar-refractivity contribution is 5.56. The van der Waals surface area contributed by atoms with E-state index in [0.29, 0.717) is 0 Å². The van der Waals surface area contributed by atoms with Gasteiger partial charge < -0.3 is 0 Å². The van der Waals surface area contributed by atoms with Crippen LogP contribution in [0.5, 0.6) is 0 Å². The van der Waals surface area contributed by atoms with Crippen molar-refractivity contribution < 1.29 is 4.42 Å². The molecule has 0 bridgehead atoms. The van der Waals surface area contributed by atoms with E-state index in [1.807, 2.05) is 36.4 Å². The van der Waals surface area contributed by atoms with Crippen molar-refractivity contribution in [1.29, 1.82) is 0 Å². The van der Waals surface area contributed by atoms with Gasteiger partial charge in [0.1, 0.15) is 0 Å². The van der Waals surface area contributed by atoms with Gasteiger partial charge in [-0.2, -0.15) is 0 Å². The Kier molecular flexibility index (Phi) is 2.59. The highest BCUT2D eigenvalue weighted by Gasteiger charge is 2.12. The summed E-state index contributed by atoms with van der Waals surface area (Å²) in [5.41, 5.74) is 1.13. The fourth-order valence-corrected chi connectivity index (χ4v) is 1.40. The highest BCUT2D eigenvalue weighted by atomic mass is 16.3. The summed E-state index contributed by atoms with van der Waals surface area (Å²) in [6.07, 6.45) is 0.931. The summed E-state index contributed by atoms with van der Waals surface area (Å²) in [7, 11) is 0. The Morgan fingerprint density at radius 3 is 2.43 bits per heavy atom. The van der Waals surface area contributed by atoms with Crippen molar-refractivity contribution in [2.24, 2.45) is 0 Å². The fraction of sp³-hybridized carbons (Fsp3) is 0.154. The monoisotopic (exact) mass is 185 g/mol. The van der Waals surface area contributed by atoms with Gasteiger partial charge in [0, 0.05) is 12.1 Å². The maximum absolute atomic E-state index is 5.71. The van der Waals surface area contributed by atoms with Gasteiger partial charge in [0.2, 0.25) is 0 Å². The number of benzene rings is 1. The van der Waals surface area contributed by atoms with Crippen LogP contribution in [0.2, 0.25) is 0 Å². The molecule has 0 radical (unpaired) electrons. The molecule has 0 saturated heterocycles. The van der Waals surface area contributed by atoms with E-state index in [0.717, 1.165) is 23.5 Å². The van der Waals surface area contributed by atoms with Crippen LogP contribution in [0.4, 0.5) is 0 Å². The van der Waals surface area contributed by atoms with Crippen molar-refractivity contribution >= 4 is 0 Å². The lowest BCUT2D eigenvalue weighted by Crippen LogP contribution is -1.81. The molecule has 70 valence electrons.